The molecule has 1 aromatic heterocycles. The van der Waals surface area contributed by atoms with Crippen molar-refractivity contribution in [3.63, 3.8) is 0 Å². The van der Waals surface area contributed by atoms with E-state index in [9.17, 15) is 48.9 Å². The normalized spacial score (nSPS) is 26.5. The molecule has 0 aliphatic carbocycles. The molecule has 5 aromatic rings. The number of H-pyrrole nitrogens is 1. The molecule has 4 aliphatic heterocycles. The Morgan fingerprint density at radius 3 is 2.18 bits per heavy atom. The number of esters is 1. The number of para-hydroxylation sites is 1. The van der Waals surface area contributed by atoms with Gasteiger partial charge in [-0.2, -0.15) is 0 Å². The zero-order valence-electron chi connectivity index (χ0n) is 69.3. The van der Waals surface area contributed by atoms with Gasteiger partial charge in [0.25, 0.3) is 0 Å². The number of hydrogen-bond acceptors (Lipinski definition) is 22. The Morgan fingerprint density at radius 1 is 0.798 bits per heavy atom. The van der Waals surface area contributed by atoms with Crippen molar-refractivity contribution in [1.29, 1.82) is 0 Å². The van der Waals surface area contributed by atoms with E-state index < -0.39 is 162 Å². The standard InChI is InChI=1S/C87H115ClN10O19S2/c1-51-22-14-17-29-72(114-10)87(112)49-71(115-85(111)95-87)52(2)79-86(5,117-79)73(48-76(105)97(7)67-43-57(40-51)44-70(113-9)77(67)88)116-84(110)53(3)96(6)75(104)35-39-119-118-38-34-74(103)90-37-21-19-28-66-69(102)47-59(41-56-30-32-61(100)33-31-56)81(107)92-64(45-60-50-91-63-27-16-15-26-62(60)63)68(101)46-58(25-18-20-36-89)80(106)94-78(54(4)99)82(108)93-65(83(109)98(66)8)42-55-23-12-11-13-24-55/h11-17,22-24,26-27,30-33,43-44,50,52-54,58-59,64-66,71-73,78-79,91,99-100,112H,18-21,25,28-29,34-42,45-49,89H2,1-10H3,(H,90,103)(H,92,107)(H,93,108)(H,94,106)(H,95,111)/b17-14+,51-22+/t52-,53+,54-,58-,59-,64-,65+,66+,71+,72-,73+,78+,79+,86+,87+/m1/s1. The van der Waals surface area contributed by atoms with Crippen LogP contribution in [0.15, 0.2) is 121 Å². The van der Waals surface area contributed by atoms with Crippen molar-refractivity contribution < 1.29 is 91.7 Å². The summed E-state index contributed by atoms with van der Waals surface area (Å²) in [7, 11) is 10.1. The van der Waals surface area contributed by atoms with Crippen LogP contribution in [0.3, 0.4) is 0 Å². The Morgan fingerprint density at radius 2 is 1.47 bits per heavy atom. The van der Waals surface area contributed by atoms with Crippen LogP contribution in [0.1, 0.15) is 140 Å². The van der Waals surface area contributed by atoms with Gasteiger partial charge < -0.3 is 85.7 Å². The third-order valence-electron chi connectivity index (χ3n) is 23.0. The zero-order chi connectivity index (χ0) is 86.4. The SMILES string of the molecule is COc1cc2cc(c1Cl)N(C)C(=O)C[C@H](OC(=O)[C@H](C)N(C)C(=O)CCSSCCC(=O)NCCCC[C@H]1C(=O)C[C@@H](Cc3ccc(O)cc3)C(=O)N[C@H](Cc3c[nH]c4ccccc34)C(=O)C[C@@H](CCCCN)C(=O)N[C@@H]([C@@H](C)O)C(=O)N[C@@H](Cc3ccccc3)C(=O)N1C)[C@]1(C)O[C@H]1[C@H](C)[C@@H]1C[C@@](O)(NC(=O)O1)[C@H](OC)C/C=C/C=C(\C)C2. The fourth-order valence-electron chi connectivity index (χ4n) is 15.6. The van der Waals surface area contributed by atoms with E-state index in [0.29, 0.717) is 71.9 Å². The van der Waals surface area contributed by atoms with Crippen molar-refractivity contribution in [2.75, 3.05) is 64.9 Å². The zero-order valence-corrected chi connectivity index (χ0v) is 71.7. The number of aromatic amines is 1. The number of aromatic hydroxyl groups is 1. The van der Waals surface area contributed by atoms with Gasteiger partial charge in [-0.15, -0.1) is 0 Å². The number of benzene rings is 4. The number of ketones is 2. The predicted octanol–water partition coefficient (Wildman–Crippen LogP) is 8.22. The summed E-state index contributed by atoms with van der Waals surface area (Å²) in [5, 5.41) is 48.4. The van der Waals surface area contributed by atoms with E-state index in [-0.39, 0.29) is 93.9 Å². The summed E-state index contributed by atoms with van der Waals surface area (Å²) >= 11 is 6.90. The molecule has 11 N–H and O–H groups in total. The first-order valence-corrected chi connectivity index (χ1v) is 43.5. The molecule has 8 amide bonds. The number of ether oxygens (including phenoxy) is 5. The van der Waals surface area contributed by atoms with Crippen LogP contribution < -0.4 is 42.0 Å². The number of phenolic OH excluding ortho intramolecular Hbond substituents is 1. The molecule has 0 saturated carbocycles. The Labute approximate surface area is 707 Å². The van der Waals surface area contributed by atoms with Crippen molar-refractivity contribution in [2.45, 2.75) is 216 Å². The average Bonchev–Trinajstić information content (AvgIpc) is 1.57. The average molecular weight is 1700 g/mol. The second kappa shape index (κ2) is 43.8. The fraction of sp³-hybridized carbons (Fsp3) is 0.529. The number of amides is 8. The second-order valence-electron chi connectivity index (χ2n) is 31.7. The monoisotopic (exact) mass is 1700 g/mol. The van der Waals surface area contributed by atoms with Crippen molar-refractivity contribution in [3.05, 3.63) is 148 Å². The molecular formula is C87H115ClN10O19S2. The lowest BCUT2D eigenvalue weighted by Gasteiger charge is -2.42. The Balaban J connectivity index is 0.838. The largest absolute Gasteiger partial charge is 0.508 e. The number of allylic oxidation sites excluding steroid dienone is 3. The van der Waals surface area contributed by atoms with Gasteiger partial charge in [-0.25, -0.2) is 9.59 Å². The number of methoxy groups -OCH3 is 2. The molecule has 4 aliphatic rings. The van der Waals surface area contributed by atoms with Gasteiger partial charge >= 0.3 is 12.1 Å². The number of nitrogens with zero attached hydrogens (tertiary/aromatic N) is 3. The van der Waals surface area contributed by atoms with Crippen LogP contribution in [0.5, 0.6) is 11.5 Å². The van der Waals surface area contributed by atoms with Gasteiger partial charge in [-0.05, 0) is 138 Å². The lowest BCUT2D eigenvalue weighted by Crippen LogP contribution is -2.64. The highest BCUT2D eigenvalue weighted by Gasteiger charge is 2.65. The molecule has 5 heterocycles. The summed E-state index contributed by atoms with van der Waals surface area (Å²) < 4.78 is 29.8. The van der Waals surface area contributed by atoms with E-state index in [0.717, 1.165) is 22.0 Å². The smallest absolute Gasteiger partial charge is 0.409 e. The van der Waals surface area contributed by atoms with Crippen LogP contribution in [0.4, 0.5) is 10.5 Å². The van der Waals surface area contributed by atoms with E-state index in [1.54, 1.807) is 81.7 Å². The number of aliphatic hydroxyl groups excluding tert-OH is 1. The van der Waals surface area contributed by atoms with E-state index >= 15 is 19.2 Å². The third-order valence-corrected chi connectivity index (χ3v) is 25.7. The maximum absolute atomic E-state index is 15.4. The summed E-state index contributed by atoms with van der Waals surface area (Å²) in [6.45, 7) is 8.67. The highest BCUT2D eigenvalue weighted by Crippen LogP contribution is 2.50. The van der Waals surface area contributed by atoms with Gasteiger partial charge in [-0.1, -0.05) is 131 Å². The molecule has 29 nitrogen and oxygen atoms in total. The number of anilines is 1. The van der Waals surface area contributed by atoms with Crippen molar-refractivity contribution >= 4 is 115 Å². The summed E-state index contributed by atoms with van der Waals surface area (Å²) in [4.78, 5) is 166. The number of epoxide rings is 1. The number of alkyl carbamates (subject to hydrolysis) is 1. The molecule has 119 heavy (non-hydrogen) atoms. The number of aliphatic hydroxyl groups is 2. The van der Waals surface area contributed by atoms with Crippen molar-refractivity contribution in [3.8, 4) is 11.5 Å². The van der Waals surface area contributed by atoms with E-state index in [1.165, 1.54) is 90.6 Å². The molecule has 3 fully saturated rings. The summed E-state index contributed by atoms with van der Waals surface area (Å²) in [6.07, 6.45) is 2.11. The number of hydrogen-bond donors (Lipinski definition) is 10. The highest BCUT2D eigenvalue weighted by molar-refractivity contribution is 8.76. The maximum Gasteiger partial charge on any atom is 0.409 e. The number of likely N-dealkylation sites (N-methyl/N-ethyl adjacent to an activating group) is 2. The Kier molecular flexibility index (Phi) is 34.4. The molecule has 32 heteroatoms. The number of nitrogens with two attached hydrogens (primary N) is 1. The maximum atomic E-state index is 15.4. The van der Waals surface area contributed by atoms with E-state index in [4.69, 9.17) is 41.0 Å². The lowest BCUT2D eigenvalue weighted by molar-refractivity contribution is -0.162. The third kappa shape index (κ3) is 25.4. The quantitative estimate of drug-likeness (QED) is 0.00975. The Bertz CT molecular complexity index is 4460. The summed E-state index contributed by atoms with van der Waals surface area (Å²) in [5.41, 5.74) is 7.41. The van der Waals surface area contributed by atoms with Crippen LogP contribution in [0, 0.1) is 17.8 Å². The molecule has 646 valence electrons. The topological polar surface area (TPSA) is 410 Å². The molecule has 4 aromatic carbocycles. The molecule has 9 rings (SSSR count). The van der Waals surface area contributed by atoms with Crippen LogP contribution >= 0.6 is 33.2 Å². The molecular weight excluding hydrogens is 1590 g/mol. The van der Waals surface area contributed by atoms with Gasteiger partial charge in [-0.3, -0.25) is 48.5 Å². The first kappa shape index (κ1) is 93.5. The predicted molar refractivity (Wildman–Crippen MR) is 454 cm³/mol. The first-order chi connectivity index (χ1) is 56.8. The number of unbranched alkanes of at least 4 members (excludes halogenated alkanes) is 2. The summed E-state index contributed by atoms with van der Waals surface area (Å²) in [5.74, 6) is -7.86. The minimum absolute atomic E-state index is 0.00191. The minimum atomic E-state index is -1.86. The first-order valence-electron chi connectivity index (χ1n) is 40.6. The lowest BCUT2D eigenvalue weighted by atomic mass is 9.83. The van der Waals surface area contributed by atoms with Crippen LogP contribution in [0.2, 0.25) is 5.02 Å². The number of nitrogens with one attached hydrogen (secondary N) is 6. The van der Waals surface area contributed by atoms with Crippen molar-refractivity contribution in [2.24, 2.45) is 23.5 Å². The molecule has 0 unspecified atom stereocenters. The number of aromatic nitrogens is 1. The van der Waals surface area contributed by atoms with Gasteiger partial charge in [0.15, 0.2) is 17.3 Å². The Hall–Kier alpha value is -9.34. The number of carbonyl (C=O) groups excluding carboxylic acids is 11. The number of rotatable bonds is 28. The number of fused-ring (bicyclic) bond motifs is 6. The number of halogens is 1. The van der Waals surface area contributed by atoms with Crippen LogP contribution in [0.25, 0.3) is 10.9 Å². The molecule has 0 spiro atoms. The number of Topliss-reactive ketones (excluding diaryl/α,β-unsaturated/α-hetero) is 2. The van der Waals surface area contributed by atoms with Gasteiger partial charge in [0.05, 0.1) is 43.5 Å². The van der Waals surface area contributed by atoms with E-state index in [2.05, 4.69) is 31.6 Å². The summed E-state index contributed by atoms with van der Waals surface area (Å²) in [6, 6.07) is 19.4. The number of phenols is 1. The van der Waals surface area contributed by atoms with Gasteiger partial charge in [0.2, 0.25) is 41.4 Å². The van der Waals surface area contributed by atoms with Crippen LogP contribution in [-0.4, -0.2) is 227 Å². The molecule has 4 bridgehead atoms. The highest BCUT2D eigenvalue weighted by atomic mass is 35.5. The number of carbonyl (C=O) groups is 11. The fourth-order valence-corrected chi connectivity index (χ4v) is 17.8. The molecule has 15 atom stereocenters. The van der Waals surface area contributed by atoms with Crippen molar-refractivity contribution in [1.82, 2.24) is 41.4 Å². The molecule has 0 radical (unpaired) electrons. The van der Waals surface area contributed by atoms with E-state index in [1.807, 2.05) is 49.4 Å². The minimum Gasteiger partial charge on any atom is -0.508 e. The van der Waals surface area contributed by atoms with Gasteiger partial charge in [0, 0.05) is 126 Å². The molecule has 3 saturated heterocycles. The van der Waals surface area contributed by atoms with Gasteiger partial charge in [0.1, 0.15) is 58.6 Å². The van der Waals surface area contributed by atoms with Crippen LogP contribution in [-0.2, 0) is 92.6 Å². The second-order valence-corrected chi connectivity index (χ2v) is 34.8.